The summed E-state index contributed by atoms with van der Waals surface area (Å²) in [5.74, 6) is 0.592. The molecule has 1 aromatic carbocycles. The Hall–Kier alpha value is -2.10. The SMILES string of the molecule is Cc1ccc(-c2cc(N)nc(N)n2)cc1C. The van der Waals surface area contributed by atoms with Gasteiger partial charge in [0, 0.05) is 11.6 Å². The Labute approximate surface area is 94.3 Å². The molecule has 0 unspecified atom stereocenters. The largest absolute Gasteiger partial charge is 0.384 e. The summed E-state index contributed by atoms with van der Waals surface area (Å²) in [6.45, 7) is 4.13. The van der Waals surface area contributed by atoms with Gasteiger partial charge in [0.2, 0.25) is 5.95 Å². The molecule has 0 saturated carbocycles. The molecule has 0 aliphatic rings. The lowest BCUT2D eigenvalue weighted by Crippen LogP contribution is -2.00. The predicted octanol–water partition coefficient (Wildman–Crippen LogP) is 1.92. The van der Waals surface area contributed by atoms with Crippen LogP contribution in [0.5, 0.6) is 0 Å². The van der Waals surface area contributed by atoms with Gasteiger partial charge in [-0.25, -0.2) is 4.98 Å². The van der Waals surface area contributed by atoms with E-state index in [0.717, 1.165) is 11.3 Å². The van der Waals surface area contributed by atoms with Crippen LogP contribution in [-0.4, -0.2) is 9.97 Å². The number of nitrogens with two attached hydrogens (primary N) is 2. The highest BCUT2D eigenvalue weighted by molar-refractivity contribution is 5.64. The Morgan fingerprint density at radius 3 is 2.31 bits per heavy atom. The number of hydrogen-bond donors (Lipinski definition) is 2. The molecular weight excluding hydrogens is 200 g/mol. The van der Waals surface area contributed by atoms with Crippen molar-refractivity contribution in [2.75, 3.05) is 11.5 Å². The number of nitrogens with zero attached hydrogens (tertiary/aromatic N) is 2. The van der Waals surface area contributed by atoms with Gasteiger partial charge in [-0.15, -0.1) is 0 Å². The van der Waals surface area contributed by atoms with E-state index in [-0.39, 0.29) is 5.95 Å². The maximum Gasteiger partial charge on any atom is 0.222 e. The van der Waals surface area contributed by atoms with Gasteiger partial charge in [0.1, 0.15) is 5.82 Å². The number of aromatic nitrogens is 2. The molecule has 0 spiro atoms. The van der Waals surface area contributed by atoms with Crippen LogP contribution in [0.15, 0.2) is 24.3 Å². The molecule has 4 heteroatoms. The van der Waals surface area contributed by atoms with E-state index in [4.69, 9.17) is 11.5 Å². The molecule has 1 heterocycles. The minimum absolute atomic E-state index is 0.202. The highest BCUT2D eigenvalue weighted by Gasteiger charge is 2.04. The summed E-state index contributed by atoms with van der Waals surface area (Å²) in [5, 5.41) is 0. The first-order valence-corrected chi connectivity index (χ1v) is 5.04. The van der Waals surface area contributed by atoms with Gasteiger partial charge in [-0.3, -0.25) is 0 Å². The van der Waals surface area contributed by atoms with E-state index < -0.39 is 0 Å². The van der Waals surface area contributed by atoms with Crippen LogP contribution in [0.4, 0.5) is 11.8 Å². The van der Waals surface area contributed by atoms with Crippen molar-refractivity contribution < 1.29 is 0 Å². The number of anilines is 2. The molecule has 4 nitrogen and oxygen atoms in total. The third-order valence-corrected chi connectivity index (χ3v) is 2.57. The summed E-state index contributed by atoms with van der Waals surface area (Å²) >= 11 is 0. The zero-order chi connectivity index (χ0) is 11.7. The fourth-order valence-corrected chi connectivity index (χ4v) is 1.53. The molecule has 4 N–H and O–H groups in total. The molecule has 82 valence electrons. The van der Waals surface area contributed by atoms with Crippen molar-refractivity contribution in [3.05, 3.63) is 35.4 Å². The minimum atomic E-state index is 0.202. The van der Waals surface area contributed by atoms with Crippen molar-refractivity contribution in [3.8, 4) is 11.3 Å². The van der Waals surface area contributed by atoms with Gasteiger partial charge in [0.15, 0.2) is 0 Å². The number of nitrogen functional groups attached to an aromatic ring is 2. The standard InChI is InChI=1S/C12H14N4/c1-7-3-4-9(5-8(7)2)10-6-11(13)16-12(14)15-10/h3-6H,1-2H3,(H4,13,14,15,16). The quantitative estimate of drug-likeness (QED) is 0.760. The van der Waals surface area contributed by atoms with Crippen LogP contribution in [0.2, 0.25) is 0 Å². The molecule has 0 fully saturated rings. The van der Waals surface area contributed by atoms with Crippen LogP contribution < -0.4 is 11.5 Å². The van der Waals surface area contributed by atoms with Crippen LogP contribution in [0.3, 0.4) is 0 Å². The molecule has 0 bridgehead atoms. The number of hydrogen-bond acceptors (Lipinski definition) is 4. The zero-order valence-electron chi connectivity index (χ0n) is 9.36. The van der Waals surface area contributed by atoms with Gasteiger partial charge in [0.05, 0.1) is 5.69 Å². The second kappa shape index (κ2) is 3.81. The summed E-state index contributed by atoms with van der Waals surface area (Å²) in [4.78, 5) is 8.01. The maximum absolute atomic E-state index is 5.63. The summed E-state index contributed by atoms with van der Waals surface area (Å²) < 4.78 is 0. The molecule has 1 aromatic heterocycles. The van der Waals surface area contributed by atoms with Crippen LogP contribution in [0.25, 0.3) is 11.3 Å². The molecule has 2 rings (SSSR count). The molecule has 0 saturated heterocycles. The van der Waals surface area contributed by atoms with Crippen LogP contribution >= 0.6 is 0 Å². The van der Waals surface area contributed by atoms with Gasteiger partial charge in [-0.2, -0.15) is 4.98 Å². The number of rotatable bonds is 1. The number of aryl methyl sites for hydroxylation is 2. The predicted molar refractivity (Wildman–Crippen MR) is 65.8 cm³/mol. The van der Waals surface area contributed by atoms with Crippen LogP contribution in [0.1, 0.15) is 11.1 Å². The molecule has 2 aromatic rings. The van der Waals surface area contributed by atoms with Crippen molar-refractivity contribution in [1.29, 1.82) is 0 Å². The zero-order valence-corrected chi connectivity index (χ0v) is 9.36. The Balaban J connectivity index is 2.54. The minimum Gasteiger partial charge on any atom is -0.384 e. The monoisotopic (exact) mass is 214 g/mol. The Kier molecular flexibility index (Phi) is 2.48. The lowest BCUT2D eigenvalue weighted by Gasteiger charge is -2.06. The Morgan fingerprint density at radius 2 is 1.69 bits per heavy atom. The first kappa shape index (κ1) is 10.4. The average Bonchev–Trinajstić information content (AvgIpc) is 2.20. The summed E-state index contributed by atoms with van der Waals surface area (Å²) in [6.07, 6.45) is 0. The van der Waals surface area contributed by atoms with Gasteiger partial charge in [-0.1, -0.05) is 12.1 Å². The normalized spacial score (nSPS) is 10.4. The van der Waals surface area contributed by atoms with Crippen LogP contribution in [-0.2, 0) is 0 Å². The van der Waals surface area contributed by atoms with E-state index >= 15 is 0 Å². The maximum atomic E-state index is 5.63. The third-order valence-electron chi connectivity index (χ3n) is 2.57. The van der Waals surface area contributed by atoms with Crippen molar-refractivity contribution >= 4 is 11.8 Å². The van der Waals surface area contributed by atoms with Gasteiger partial charge in [-0.05, 0) is 31.0 Å². The summed E-state index contributed by atoms with van der Waals surface area (Å²) in [6, 6.07) is 7.85. The van der Waals surface area contributed by atoms with E-state index in [9.17, 15) is 0 Å². The van der Waals surface area contributed by atoms with Gasteiger partial charge < -0.3 is 11.5 Å². The second-order valence-electron chi connectivity index (χ2n) is 3.84. The van der Waals surface area contributed by atoms with Crippen molar-refractivity contribution in [1.82, 2.24) is 9.97 Å². The fourth-order valence-electron chi connectivity index (χ4n) is 1.53. The molecule has 0 atom stereocenters. The van der Waals surface area contributed by atoms with E-state index in [0.29, 0.717) is 5.82 Å². The molecule has 16 heavy (non-hydrogen) atoms. The topological polar surface area (TPSA) is 77.8 Å². The van der Waals surface area contributed by atoms with E-state index in [2.05, 4.69) is 35.9 Å². The van der Waals surface area contributed by atoms with E-state index in [1.807, 2.05) is 6.07 Å². The molecule has 0 amide bonds. The lowest BCUT2D eigenvalue weighted by molar-refractivity contribution is 1.19. The van der Waals surface area contributed by atoms with Crippen molar-refractivity contribution in [2.24, 2.45) is 0 Å². The van der Waals surface area contributed by atoms with Gasteiger partial charge >= 0.3 is 0 Å². The molecule has 0 aliphatic carbocycles. The second-order valence-corrected chi connectivity index (χ2v) is 3.84. The summed E-state index contributed by atoms with van der Waals surface area (Å²) in [5.41, 5.74) is 15.4. The lowest BCUT2D eigenvalue weighted by atomic mass is 10.0. The molecule has 0 radical (unpaired) electrons. The van der Waals surface area contributed by atoms with Gasteiger partial charge in [0.25, 0.3) is 0 Å². The highest BCUT2D eigenvalue weighted by Crippen LogP contribution is 2.21. The van der Waals surface area contributed by atoms with Crippen LogP contribution in [0, 0.1) is 13.8 Å². The molecular formula is C12H14N4. The molecule has 0 aliphatic heterocycles. The van der Waals surface area contributed by atoms with Crippen molar-refractivity contribution in [2.45, 2.75) is 13.8 Å². The Morgan fingerprint density at radius 1 is 0.938 bits per heavy atom. The van der Waals surface area contributed by atoms with E-state index in [1.165, 1.54) is 11.1 Å². The highest BCUT2D eigenvalue weighted by atomic mass is 15.0. The smallest absolute Gasteiger partial charge is 0.222 e. The third kappa shape index (κ3) is 1.95. The fraction of sp³-hybridized carbons (Fsp3) is 0.167. The first-order valence-electron chi connectivity index (χ1n) is 5.04. The first-order chi connectivity index (χ1) is 7.56. The Bertz CT molecular complexity index is 514. The van der Waals surface area contributed by atoms with Crippen molar-refractivity contribution in [3.63, 3.8) is 0 Å². The van der Waals surface area contributed by atoms with E-state index in [1.54, 1.807) is 6.07 Å². The average molecular weight is 214 g/mol. The number of benzene rings is 1. The summed E-state index contributed by atoms with van der Waals surface area (Å²) in [7, 11) is 0.